The van der Waals surface area contributed by atoms with Crippen molar-refractivity contribution in [2.75, 3.05) is 0 Å². The lowest BCUT2D eigenvalue weighted by atomic mass is 9.86. The number of benzene rings is 3. The molecule has 0 aromatic heterocycles. The van der Waals surface area contributed by atoms with E-state index in [0.29, 0.717) is 0 Å². The van der Waals surface area contributed by atoms with E-state index in [4.69, 9.17) is 0 Å². The van der Waals surface area contributed by atoms with E-state index in [0.717, 1.165) is 4.47 Å². The van der Waals surface area contributed by atoms with Crippen LogP contribution in [0.1, 0.15) is 26.3 Å². The van der Waals surface area contributed by atoms with Crippen LogP contribution in [-0.4, -0.2) is 0 Å². The summed E-state index contributed by atoms with van der Waals surface area (Å²) in [7, 11) is 0. The summed E-state index contributed by atoms with van der Waals surface area (Å²) in [6, 6.07) is 26.0. The molecule has 3 aromatic carbocycles. The van der Waals surface area contributed by atoms with Gasteiger partial charge in [0.25, 0.3) is 0 Å². The Labute approximate surface area is 147 Å². The lowest BCUT2D eigenvalue weighted by molar-refractivity contribution is 0.590. The normalized spacial score (nSPS) is 11.5. The molecule has 0 radical (unpaired) electrons. The fourth-order valence-corrected chi connectivity index (χ4v) is 3.18. The zero-order valence-corrected chi connectivity index (χ0v) is 15.4. The Morgan fingerprint density at radius 3 is 1.87 bits per heavy atom. The average molecular weight is 365 g/mol. The molecule has 0 saturated carbocycles. The molecule has 0 amide bonds. The van der Waals surface area contributed by atoms with Crippen molar-refractivity contribution in [2.45, 2.75) is 26.2 Å². The van der Waals surface area contributed by atoms with Gasteiger partial charge in [0.1, 0.15) is 0 Å². The van der Waals surface area contributed by atoms with Crippen LogP contribution in [0.3, 0.4) is 0 Å². The Balaban J connectivity index is 2.01. The molecule has 0 atom stereocenters. The molecule has 0 aliphatic carbocycles. The lowest BCUT2D eigenvalue weighted by Gasteiger charge is -2.19. The minimum Gasteiger partial charge on any atom is -0.0622 e. The standard InChI is InChI=1S/C22H21Br/c1-22(2,3)19-12-9-16(10-13-19)18-11-14-21(23)20(15-18)17-7-5-4-6-8-17/h4-15H,1-3H3. The molecule has 3 rings (SSSR count). The topological polar surface area (TPSA) is 0 Å². The molecule has 0 nitrogen and oxygen atoms in total. The highest BCUT2D eigenvalue weighted by Crippen LogP contribution is 2.33. The van der Waals surface area contributed by atoms with Crippen LogP contribution >= 0.6 is 15.9 Å². The van der Waals surface area contributed by atoms with E-state index in [9.17, 15) is 0 Å². The third-order valence-corrected chi connectivity index (χ3v) is 4.83. The third-order valence-electron chi connectivity index (χ3n) is 4.14. The van der Waals surface area contributed by atoms with Gasteiger partial charge in [0, 0.05) is 4.47 Å². The van der Waals surface area contributed by atoms with Crippen molar-refractivity contribution in [3.8, 4) is 22.3 Å². The van der Waals surface area contributed by atoms with Crippen LogP contribution in [0.15, 0.2) is 77.3 Å². The molecular weight excluding hydrogens is 344 g/mol. The maximum absolute atomic E-state index is 3.68. The number of hydrogen-bond donors (Lipinski definition) is 0. The summed E-state index contributed by atoms with van der Waals surface area (Å²) in [6.07, 6.45) is 0. The predicted octanol–water partition coefficient (Wildman–Crippen LogP) is 7.08. The second-order valence-corrected chi connectivity index (χ2v) is 7.74. The highest BCUT2D eigenvalue weighted by atomic mass is 79.9. The maximum atomic E-state index is 3.68. The van der Waals surface area contributed by atoms with Gasteiger partial charge in [-0.1, -0.05) is 97.4 Å². The molecule has 116 valence electrons. The van der Waals surface area contributed by atoms with Crippen molar-refractivity contribution in [3.63, 3.8) is 0 Å². The van der Waals surface area contributed by atoms with E-state index in [1.54, 1.807) is 0 Å². The first-order valence-electron chi connectivity index (χ1n) is 7.91. The molecule has 0 heterocycles. The van der Waals surface area contributed by atoms with Crippen molar-refractivity contribution < 1.29 is 0 Å². The summed E-state index contributed by atoms with van der Waals surface area (Å²) >= 11 is 3.68. The van der Waals surface area contributed by atoms with Gasteiger partial charge in [-0.15, -0.1) is 0 Å². The largest absolute Gasteiger partial charge is 0.0622 e. The number of halogens is 1. The quantitative estimate of drug-likeness (QED) is 0.455. The summed E-state index contributed by atoms with van der Waals surface area (Å²) in [6.45, 7) is 6.74. The smallest absolute Gasteiger partial charge is 0.0254 e. The molecule has 0 aliphatic heterocycles. The van der Waals surface area contributed by atoms with E-state index >= 15 is 0 Å². The van der Waals surface area contributed by atoms with Gasteiger partial charge >= 0.3 is 0 Å². The summed E-state index contributed by atoms with van der Waals surface area (Å²) in [5.74, 6) is 0. The molecule has 0 saturated heterocycles. The van der Waals surface area contributed by atoms with Crippen LogP contribution < -0.4 is 0 Å². The summed E-state index contributed by atoms with van der Waals surface area (Å²) < 4.78 is 1.12. The van der Waals surface area contributed by atoms with E-state index < -0.39 is 0 Å². The van der Waals surface area contributed by atoms with Gasteiger partial charge in [-0.2, -0.15) is 0 Å². The van der Waals surface area contributed by atoms with Crippen LogP contribution in [0.2, 0.25) is 0 Å². The van der Waals surface area contributed by atoms with Crippen molar-refractivity contribution in [2.24, 2.45) is 0 Å². The zero-order valence-electron chi connectivity index (χ0n) is 13.8. The first kappa shape index (κ1) is 16.0. The van der Waals surface area contributed by atoms with Gasteiger partial charge in [-0.3, -0.25) is 0 Å². The third kappa shape index (κ3) is 3.56. The Morgan fingerprint density at radius 1 is 0.652 bits per heavy atom. The molecule has 23 heavy (non-hydrogen) atoms. The Bertz CT molecular complexity index is 794. The van der Waals surface area contributed by atoms with Crippen molar-refractivity contribution in [3.05, 3.63) is 82.8 Å². The minimum absolute atomic E-state index is 0.188. The predicted molar refractivity (Wildman–Crippen MR) is 104 cm³/mol. The number of hydrogen-bond acceptors (Lipinski definition) is 0. The van der Waals surface area contributed by atoms with Gasteiger partial charge in [0.05, 0.1) is 0 Å². The average Bonchev–Trinajstić information content (AvgIpc) is 2.55. The first-order valence-corrected chi connectivity index (χ1v) is 8.70. The summed E-state index contributed by atoms with van der Waals surface area (Å²) in [4.78, 5) is 0. The molecule has 0 fully saturated rings. The van der Waals surface area contributed by atoms with E-state index in [1.807, 2.05) is 6.07 Å². The van der Waals surface area contributed by atoms with Crippen LogP contribution in [0.4, 0.5) is 0 Å². The van der Waals surface area contributed by atoms with Gasteiger partial charge in [-0.25, -0.2) is 0 Å². The fourth-order valence-electron chi connectivity index (χ4n) is 2.71. The fraction of sp³-hybridized carbons (Fsp3) is 0.182. The van der Waals surface area contributed by atoms with Crippen molar-refractivity contribution in [1.82, 2.24) is 0 Å². The highest BCUT2D eigenvalue weighted by Gasteiger charge is 2.13. The van der Waals surface area contributed by atoms with Crippen LogP contribution in [0.25, 0.3) is 22.3 Å². The van der Waals surface area contributed by atoms with Gasteiger partial charge < -0.3 is 0 Å². The highest BCUT2D eigenvalue weighted by molar-refractivity contribution is 9.10. The second-order valence-electron chi connectivity index (χ2n) is 6.89. The molecule has 1 heteroatoms. The second kappa shape index (κ2) is 6.33. The van der Waals surface area contributed by atoms with Crippen LogP contribution in [-0.2, 0) is 5.41 Å². The Morgan fingerprint density at radius 2 is 1.26 bits per heavy atom. The minimum atomic E-state index is 0.188. The molecule has 0 N–H and O–H groups in total. The van der Waals surface area contributed by atoms with Gasteiger partial charge in [0.15, 0.2) is 0 Å². The monoisotopic (exact) mass is 364 g/mol. The first-order chi connectivity index (χ1) is 10.9. The zero-order chi connectivity index (χ0) is 16.4. The van der Waals surface area contributed by atoms with E-state index in [1.165, 1.54) is 27.8 Å². The van der Waals surface area contributed by atoms with Crippen molar-refractivity contribution >= 4 is 15.9 Å². The Kier molecular flexibility index (Phi) is 4.41. The van der Waals surface area contributed by atoms with Gasteiger partial charge in [0.2, 0.25) is 0 Å². The van der Waals surface area contributed by atoms with Crippen molar-refractivity contribution in [1.29, 1.82) is 0 Å². The SMILES string of the molecule is CC(C)(C)c1ccc(-c2ccc(Br)c(-c3ccccc3)c2)cc1. The molecule has 0 spiro atoms. The molecule has 3 aromatic rings. The van der Waals surface area contributed by atoms with Crippen LogP contribution in [0.5, 0.6) is 0 Å². The molecule has 0 bridgehead atoms. The van der Waals surface area contributed by atoms with Crippen LogP contribution in [0, 0.1) is 0 Å². The molecule has 0 aliphatic rings. The summed E-state index contributed by atoms with van der Waals surface area (Å²) in [5.41, 5.74) is 6.50. The Hall–Kier alpha value is -1.86. The van der Waals surface area contributed by atoms with E-state index in [-0.39, 0.29) is 5.41 Å². The lowest BCUT2D eigenvalue weighted by Crippen LogP contribution is -2.10. The van der Waals surface area contributed by atoms with E-state index in [2.05, 4.69) is 103 Å². The molecule has 0 unspecified atom stereocenters. The molecular formula is C22H21Br. The summed E-state index contributed by atoms with van der Waals surface area (Å²) in [5, 5.41) is 0. The number of rotatable bonds is 2. The van der Waals surface area contributed by atoms with Gasteiger partial charge in [-0.05, 0) is 45.4 Å². The maximum Gasteiger partial charge on any atom is 0.0254 e.